The first kappa shape index (κ1) is 15.9. The fraction of sp³-hybridized carbons (Fsp3) is 0.625. The Bertz CT molecular complexity index is 463. The molecule has 0 aliphatic carbocycles. The van der Waals surface area contributed by atoms with Crippen LogP contribution < -0.4 is 5.32 Å². The molecule has 5 heteroatoms. The van der Waals surface area contributed by atoms with Crippen LogP contribution in [0.1, 0.15) is 36.6 Å². The van der Waals surface area contributed by atoms with Crippen LogP contribution in [0.4, 0.5) is 0 Å². The first-order chi connectivity index (χ1) is 10.2. The van der Waals surface area contributed by atoms with Crippen molar-refractivity contribution in [2.75, 3.05) is 33.3 Å². The third-order valence-electron chi connectivity index (χ3n) is 4.06. The number of aliphatic hydroxyl groups is 1. The molecule has 0 saturated carbocycles. The van der Waals surface area contributed by atoms with E-state index in [1.165, 1.54) is 0 Å². The molecule has 2 rings (SSSR count). The number of aliphatic hydroxyl groups excluding tert-OH is 1. The third kappa shape index (κ3) is 4.79. The van der Waals surface area contributed by atoms with Crippen LogP contribution in [0, 0.1) is 0 Å². The summed E-state index contributed by atoms with van der Waals surface area (Å²) in [6, 6.07) is 6.10. The lowest BCUT2D eigenvalue weighted by atomic mass is 9.94. The van der Waals surface area contributed by atoms with Gasteiger partial charge in [0.25, 0.3) is 0 Å². The summed E-state index contributed by atoms with van der Waals surface area (Å²) in [5.74, 6) is 0.485. The molecule has 1 fully saturated rings. The highest BCUT2D eigenvalue weighted by Gasteiger charge is 2.22. The molecule has 1 saturated heterocycles. The number of carbonyl (C=O) groups excluding carboxylic acids is 1. The Kier molecular flexibility index (Phi) is 6.14. The molecule has 1 aromatic rings. The number of β-amino-alcohol motifs (C(OH)–C–C–N with tert-alkyl or cyclic N) is 1. The van der Waals surface area contributed by atoms with Crippen molar-refractivity contribution >= 4 is 5.91 Å². The van der Waals surface area contributed by atoms with Gasteiger partial charge in [0.15, 0.2) is 0 Å². The number of hydrogen-bond acceptors (Lipinski definition) is 4. The number of pyridine rings is 1. The van der Waals surface area contributed by atoms with Gasteiger partial charge in [-0.2, -0.15) is 0 Å². The fourth-order valence-corrected chi connectivity index (χ4v) is 2.87. The van der Waals surface area contributed by atoms with Crippen LogP contribution in [0.15, 0.2) is 18.2 Å². The number of aromatic nitrogens is 1. The van der Waals surface area contributed by atoms with E-state index in [1.807, 2.05) is 12.1 Å². The van der Waals surface area contributed by atoms with Crippen LogP contribution in [0.2, 0.25) is 0 Å². The molecule has 1 aromatic heterocycles. The minimum Gasteiger partial charge on any atom is -0.395 e. The lowest BCUT2D eigenvalue weighted by Gasteiger charge is -2.32. The Labute approximate surface area is 126 Å². The van der Waals surface area contributed by atoms with Gasteiger partial charge >= 0.3 is 0 Å². The van der Waals surface area contributed by atoms with Crippen LogP contribution in [-0.4, -0.2) is 54.2 Å². The maximum absolute atomic E-state index is 11.3. The van der Waals surface area contributed by atoms with E-state index in [-0.39, 0.29) is 12.5 Å². The van der Waals surface area contributed by atoms with Gasteiger partial charge in [0.2, 0.25) is 5.91 Å². The Balaban J connectivity index is 1.97. The number of likely N-dealkylation sites (tertiary alicyclic amines) is 1. The van der Waals surface area contributed by atoms with Crippen LogP contribution >= 0.6 is 0 Å². The molecule has 1 atom stereocenters. The highest BCUT2D eigenvalue weighted by molar-refractivity contribution is 5.75. The largest absolute Gasteiger partial charge is 0.395 e. The molecule has 1 amide bonds. The number of carbonyl (C=O) groups is 1. The molecule has 2 heterocycles. The van der Waals surface area contributed by atoms with Gasteiger partial charge in [-0.15, -0.1) is 0 Å². The van der Waals surface area contributed by atoms with E-state index in [2.05, 4.69) is 16.3 Å². The van der Waals surface area contributed by atoms with E-state index in [0.29, 0.717) is 18.8 Å². The molecule has 21 heavy (non-hydrogen) atoms. The minimum atomic E-state index is 0.0500. The maximum atomic E-state index is 11.3. The number of nitrogens with one attached hydrogen (secondary N) is 1. The summed E-state index contributed by atoms with van der Waals surface area (Å²) in [7, 11) is 1.66. The van der Waals surface area contributed by atoms with E-state index >= 15 is 0 Å². The number of nitrogens with zero attached hydrogens (tertiary/aromatic N) is 2. The molecule has 0 spiro atoms. The van der Waals surface area contributed by atoms with Gasteiger partial charge in [0.05, 0.1) is 6.61 Å². The Hall–Kier alpha value is -1.46. The average Bonchev–Trinajstić information content (AvgIpc) is 2.53. The van der Waals surface area contributed by atoms with Crippen molar-refractivity contribution < 1.29 is 9.90 Å². The smallest absolute Gasteiger partial charge is 0.220 e. The van der Waals surface area contributed by atoms with Gasteiger partial charge in [-0.1, -0.05) is 6.07 Å². The van der Waals surface area contributed by atoms with Crippen molar-refractivity contribution in [2.24, 2.45) is 0 Å². The fourth-order valence-electron chi connectivity index (χ4n) is 2.87. The van der Waals surface area contributed by atoms with Crippen molar-refractivity contribution in [1.29, 1.82) is 0 Å². The molecule has 0 aromatic carbocycles. The van der Waals surface area contributed by atoms with Crippen molar-refractivity contribution in [2.45, 2.75) is 31.6 Å². The lowest BCUT2D eigenvalue weighted by Crippen LogP contribution is -2.36. The summed E-state index contributed by atoms with van der Waals surface area (Å²) >= 11 is 0. The van der Waals surface area contributed by atoms with Gasteiger partial charge < -0.3 is 15.3 Å². The monoisotopic (exact) mass is 291 g/mol. The van der Waals surface area contributed by atoms with E-state index in [1.54, 1.807) is 7.05 Å². The minimum absolute atomic E-state index is 0.0500. The highest BCUT2D eigenvalue weighted by Crippen LogP contribution is 2.25. The molecule has 0 unspecified atom stereocenters. The first-order valence-corrected chi connectivity index (χ1v) is 7.72. The van der Waals surface area contributed by atoms with E-state index < -0.39 is 0 Å². The second-order valence-electron chi connectivity index (χ2n) is 5.59. The predicted octanol–water partition coefficient (Wildman–Crippen LogP) is 0.932. The Morgan fingerprint density at radius 1 is 1.52 bits per heavy atom. The standard InChI is InChI=1S/C16H25N3O2/c1-17-16(21)8-7-14-5-2-6-15(18-14)13-4-3-9-19(12-13)10-11-20/h2,5-6,13,20H,3-4,7-12H2,1H3,(H,17,21)/t13-/m1/s1. The van der Waals surface area contributed by atoms with E-state index in [4.69, 9.17) is 10.1 Å². The third-order valence-corrected chi connectivity index (χ3v) is 4.06. The van der Waals surface area contributed by atoms with Crippen molar-refractivity contribution in [3.63, 3.8) is 0 Å². The summed E-state index contributed by atoms with van der Waals surface area (Å²) in [5, 5.41) is 11.7. The molecule has 0 radical (unpaired) electrons. The van der Waals surface area contributed by atoms with Crippen molar-refractivity contribution in [3.05, 3.63) is 29.6 Å². The summed E-state index contributed by atoms with van der Waals surface area (Å²) in [4.78, 5) is 18.3. The van der Waals surface area contributed by atoms with Crippen LogP contribution in [0.5, 0.6) is 0 Å². The summed E-state index contributed by atoms with van der Waals surface area (Å²) in [6.07, 6.45) is 3.46. The molecule has 2 N–H and O–H groups in total. The number of hydrogen-bond donors (Lipinski definition) is 2. The van der Waals surface area contributed by atoms with Crippen molar-refractivity contribution in [1.82, 2.24) is 15.2 Å². The molecule has 0 bridgehead atoms. The topological polar surface area (TPSA) is 65.5 Å². The van der Waals surface area contributed by atoms with Gasteiger partial charge in [-0.3, -0.25) is 9.78 Å². The highest BCUT2D eigenvalue weighted by atomic mass is 16.3. The quantitative estimate of drug-likeness (QED) is 0.818. The molecule has 116 valence electrons. The van der Waals surface area contributed by atoms with Crippen LogP contribution in [0.3, 0.4) is 0 Å². The van der Waals surface area contributed by atoms with Crippen LogP contribution in [-0.2, 0) is 11.2 Å². The van der Waals surface area contributed by atoms with Gasteiger partial charge in [-0.25, -0.2) is 0 Å². The number of rotatable bonds is 6. The number of aryl methyl sites for hydroxylation is 1. The average molecular weight is 291 g/mol. The Morgan fingerprint density at radius 2 is 2.38 bits per heavy atom. The van der Waals surface area contributed by atoms with E-state index in [0.717, 1.165) is 43.9 Å². The lowest BCUT2D eigenvalue weighted by molar-refractivity contribution is -0.120. The zero-order chi connectivity index (χ0) is 15.1. The summed E-state index contributed by atoms with van der Waals surface area (Å²) in [6.45, 7) is 2.99. The molecule has 1 aliphatic rings. The molecule has 5 nitrogen and oxygen atoms in total. The summed E-state index contributed by atoms with van der Waals surface area (Å²) < 4.78 is 0. The van der Waals surface area contributed by atoms with Gasteiger partial charge in [0.1, 0.15) is 0 Å². The predicted molar refractivity (Wildman–Crippen MR) is 82.1 cm³/mol. The zero-order valence-electron chi connectivity index (χ0n) is 12.7. The number of amides is 1. The van der Waals surface area contributed by atoms with E-state index in [9.17, 15) is 4.79 Å². The molecular weight excluding hydrogens is 266 g/mol. The number of piperidine rings is 1. The SMILES string of the molecule is CNC(=O)CCc1cccc([C@@H]2CCCN(CCO)C2)n1. The maximum Gasteiger partial charge on any atom is 0.220 e. The van der Waals surface area contributed by atoms with Gasteiger partial charge in [-0.05, 0) is 37.9 Å². The van der Waals surface area contributed by atoms with Crippen LogP contribution in [0.25, 0.3) is 0 Å². The second-order valence-corrected chi connectivity index (χ2v) is 5.59. The molecular formula is C16H25N3O2. The zero-order valence-corrected chi connectivity index (χ0v) is 12.7. The molecule has 1 aliphatic heterocycles. The Morgan fingerprint density at radius 3 is 3.14 bits per heavy atom. The van der Waals surface area contributed by atoms with Gasteiger partial charge in [0, 0.05) is 43.9 Å². The summed E-state index contributed by atoms with van der Waals surface area (Å²) in [5.41, 5.74) is 2.10. The normalized spacial score (nSPS) is 19.4. The van der Waals surface area contributed by atoms with Crippen molar-refractivity contribution in [3.8, 4) is 0 Å². The first-order valence-electron chi connectivity index (χ1n) is 7.72. The second kappa shape index (κ2) is 8.10.